The third kappa shape index (κ3) is 0.847. The average molecular weight is 140 g/mol. The van der Waals surface area contributed by atoms with Gasteiger partial charge in [0.1, 0.15) is 5.94 Å². The molecule has 1 fully saturated rings. The number of carbonyl (C=O) groups is 1. The van der Waals surface area contributed by atoms with Gasteiger partial charge in [-0.2, -0.15) is 0 Å². The van der Waals surface area contributed by atoms with Crippen LogP contribution in [0.5, 0.6) is 0 Å². The lowest BCUT2D eigenvalue weighted by molar-refractivity contribution is -0.150. The number of carbonyl (C=O) groups excluding carboxylic acids is 1. The molecule has 1 aliphatic carbocycles. The SMILES string of the molecule is CC1(C(=O)O)CC(=C=O)C1. The molecule has 54 valence electrons. The number of hydrogen-bond acceptors (Lipinski definition) is 2. The number of carboxylic acids is 1. The van der Waals surface area contributed by atoms with Crippen molar-refractivity contribution in [2.45, 2.75) is 19.8 Å². The molecule has 3 nitrogen and oxygen atoms in total. The molecule has 0 aromatic carbocycles. The van der Waals surface area contributed by atoms with Gasteiger partial charge < -0.3 is 5.11 Å². The Morgan fingerprint density at radius 3 is 2.50 bits per heavy atom. The van der Waals surface area contributed by atoms with Crippen LogP contribution in [-0.4, -0.2) is 17.0 Å². The van der Waals surface area contributed by atoms with E-state index < -0.39 is 11.4 Å². The van der Waals surface area contributed by atoms with Crippen molar-refractivity contribution >= 4 is 11.9 Å². The van der Waals surface area contributed by atoms with Gasteiger partial charge in [-0.1, -0.05) is 0 Å². The Hall–Kier alpha value is -1.08. The summed E-state index contributed by atoms with van der Waals surface area (Å²) in [6.07, 6.45) is 0.734. The Balaban J connectivity index is 2.66. The molecule has 0 amide bonds. The second-order valence-electron chi connectivity index (χ2n) is 2.92. The van der Waals surface area contributed by atoms with E-state index in [-0.39, 0.29) is 0 Å². The van der Waals surface area contributed by atoms with Crippen molar-refractivity contribution in [1.29, 1.82) is 0 Å². The highest BCUT2D eigenvalue weighted by Crippen LogP contribution is 2.43. The van der Waals surface area contributed by atoms with Crippen molar-refractivity contribution in [1.82, 2.24) is 0 Å². The summed E-state index contributed by atoms with van der Waals surface area (Å²) in [5.41, 5.74) is -0.0999. The lowest BCUT2D eigenvalue weighted by Gasteiger charge is -2.33. The van der Waals surface area contributed by atoms with Gasteiger partial charge in [-0.05, 0) is 19.8 Å². The summed E-state index contributed by atoms with van der Waals surface area (Å²) >= 11 is 0. The molecule has 1 aliphatic rings. The predicted molar refractivity (Wildman–Crippen MR) is 34.2 cm³/mol. The summed E-state index contributed by atoms with van der Waals surface area (Å²) in [6, 6.07) is 0. The van der Waals surface area contributed by atoms with E-state index in [2.05, 4.69) is 0 Å². The molecule has 0 bridgehead atoms. The Kier molecular flexibility index (Phi) is 1.38. The summed E-state index contributed by atoms with van der Waals surface area (Å²) in [5, 5.41) is 8.56. The Labute approximate surface area is 58.4 Å². The molecule has 0 atom stereocenters. The van der Waals surface area contributed by atoms with E-state index in [4.69, 9.17) is 5.11 Å². The first-order valence-electron chi connectivity index (χ1n) is 3.05. The second kappa shape index (κ2) is 1.96. The topological polar surface area (TPSA) is 54.4 Å². The highest BCUT2D eigenvalue weighted by atomic mass is 16.4. The van der Waals surface area contributed by atoms with Gasteiger partial charge in [0, 0.05) is 5.57 Å². The molecule has 10 heavy (non-hydrogen) atoms. The van der Waals surface area contributed by atoms with Crippen molar-refractivity contribution in [2.24, 2.45) is 5.41 Å². The monoisotopic (exact) mass is 140 g/mol. The standard InChI is InChI=1S/C7H8O3/c1-7(6(9)10)2-5(3-7)4-8/h2-3H2,1H3,(H,9,10). The van der Waals surface area contributed by atoms with Crippen LogP contribution in [-0.2, 0) is 9.59 Å². The third-order valence-electron chi connectivity index (χ3n) is 1.87. The van der Waals surface area contributed by atoms with Gasteiger partial charge in [-0.3, -0.25) is 4.79 Å². The summed E-state index contributed by atoms with van der Waals surface area (Å²) in [7, 11) is 0. The Morgan fingerprint density at radius 1 is 1.70 bits per heavy atom. The highest BCUT2D eigenvalue weighted by molar-refractivity contribution is 5.79. The number of allylic oxidation sites excluding steroid dienone is 1. The maximum atomic E-state index is 10.4. The fourth-order valence-corrected chi connectivity index (χ4v) is 1.11. The summed E-state index contributed by atoms with van der Waals surface area (Å²) in [5.74, 6) is 0.887. The van der Waals surface area contributed by atoms with Crippen molar-refractivity contribution < 1.29 is 14.7 Å². The smallest absolute Gasteiger partial charge is 0.310 e. The molecule has 3 heteroatoms. The van der Waals surface area contributed by atoms with E-state index in [0.29, 0.717) is 18.4 Å². The van der Waals surface area contributed by atoms with Crippen LogP contribution in [0.2, 0.25) is 0 Å². The van der Waals surface area contributed by atoms with Crippen LogP contribution in [0.4, 0.5) is 0 Å². The summed E-state index contributed by atoms with van der Waals surface area (Å²) < 4.78 is 0. The molecule has 0 saturated heterocycles. The van der Waals surface area contributed by atoms with Crippen LogP contribution in [0.3, 0.4) is 0 Å². The first-order chi connectivity index (χ1) is 4.58. The van der Waals surface area contributed by atoms with E-state index >= 15 is 0 Å². The molecule has 0 unspecified atom stereocenters. The van der Waals surface area contributed by atoms with Crippen molar-refractivity contribution in [3.63, 3.8) is 0 Å². The van der Waals surface area contributed by atoms with Crippen LogP contribution in [0, 0.1) is 5.41 Å². The first kappa shape index (κ1) is 7.03. The zero-order valence-corrected chi connectivity index (χ0v) is 5.68. The van der Waals surface area contributed by atoms with E-state index in [9.17, 15) is 9.59 Å². The van der Waals surface area contributed by atoms with E-state index in [1.165, 1.54) is 0 Å². The zero-order chi connectivity index (χ0) is 7.78. The van der Waals surface area contributed by atoms with Gasteiger partial charge in [-0.25, -0.2) is 4.79 Å². The normalized spacial score (nSPS) is 30.7. The highest BCUT2D eigenvalue weighted by Gasteiger charge is 2.43. The average Bonchev–Trinajstić information content (AvgIpc) is 1.80. The predicted octanol–water partition coefficient (Wildman–Crippen LogP) is 0.629. The van der Waals surface area contributed by atoms with Crippen molar-refractivity contribution in [2.75, 3.05) is 0 Å². The molecular formula is C7H8O3. The molecule has 0 aromatic heterocycles. The fourth-order valence-electron chi connectivity index (χ4n) is 1.11. The van der Waals surface area contributed by atoms with Gasteiger partial charge in [0.15, 0.2) is 0 Å². The lowest BCUT2D eigenvalue weighted by Crippen LogP contribution is -2.36. The van der Waals surface area contributed by atoms with Crippen LogP contribution < -0.4 is 0 Å². The quantitative estimate of drug-likeness (QED) is 0.543. The van der Waals surface area contributed by atoms with Gasteiger partial charge in [0.25, 0.3) is 0 Å². The zero-order valence-electron chi connectivity index (χ0n) is 5.68. The minimum absolute atomic E-state index is 0.367. The van der Waals surface area contributed by atoms with Crippen molar-refractivity contribution in [3.05, 3.63) is 5.57 Å². The second-order valence-corrected chi connectivity index (χ2v) is 2.92. The van der Waals surface area contributed by atoms with Gasteiger partial charge in [0.05, 0.1) is 5.41 Å². The fraction of sp³-hybridized carbons (Fsp3) is 0.571. The van der Waals surface area contributed by atoms with E-state index in [0.717, 1.165) is 0 Å². The van der Waals surface area contributed by atoms with Gasteiger partial charge >= 0.3 is 5.97 Å². The Bertz CT molecular complexity index is 215. The van der Waals surface area contributed by atoms with Gasteiger partial charge in [-0.15, -0.1) is 0 Å². The molecule has 0 radical (unpaired) electrons. The number of hydrogen-bond donors (Lipinski definition) is 1. The van der Waals surface area contributed by atoms with Crippen LogP contribution >= 0.6 is 0 Å². The number of aliphatic carboxylic acids is 1. The molecule has 1 N–H and O–H groups in total. The molecule has 0 spiro atoms. The van der Waals surface area contributed by atoms with Crippen LogP contribution in [0.15, 0.2) is 5.57 Å². The van der Waals surface area contributed by atoms with Crippen molar-refractivity contribution in [3.8, 4) is 0 Å². The molecule has 1 rings (SSSR count). The molecule has 0 aromatic rings. The van der Waals surface area contributed by atoms with E-state index in [1.54, 1.807) is 12.9 Å². The van der Waals surface area contributed by atoms with Gasteiger partial charge in [0.2, 0.25) is 0 Å². The minimum Gasteiger partial charge on any atom is -0.481 e. The minimum atomic E-state index is -0.827. The number of rotatable bonds is 1. The first-order valence-corrected chi connectivity index (χ1v) is 3.05. The largest absolute Gasteiger partial charge is 0.481 e. The molecule has 0 heterocycles. The molecular weight excluding hydrogens is 132 g/mol. The van der Waals surface area contributed by atoms with Crippen LogP contribution in [0.25, 0.3) is 0 Å². The van der Waals surface area contributed by atoms with Crippen LogP contribution in [0.1, 0.15) is 19.8 Å². The van der Waals surface area contributed by atoms with E-state index in [1.807, 2.05) is 0 Å². The molecule has 0 aliphatic heterocycles. The maximum Gasteiger partial charge on any atom is 0.310 e. The number of carboxylic acid groups (broad SMARTS) is 1. The molecule has 1 saturated carbocycles. The summed E-state index contributed by atoms with van der Waals surface area (Å²) in [6.45, 7) is 1.64. The third-order valence-corrected chi connectivity index (χ3v) is 1.87. The lowest BCUT2D eigenvalue weighted by atomic mass is 9.67. The maximum absolute atomic E-state index is 10.4. The summed E-state index contributed by atoms with van der Waals surface area (Å²) in [4.78, 5) is 20.4. The Morgan fingerprint density at radius 2 is 2.20 bits per heavy atom.